The van der Waals surface area contributed by atoms with Crippen LogP contribution in [0.1, 0.15) is 31.6 Å². The summed E-state index contributed by atoms with van der Waals surface area (Å²) in [5.41, 5.74) is 0.899. The molecule has 1 aliphatic heterocycles. The number of aliphatic hydroxyl groups excluding tert-OH is 1. The monoisotopic (exact) mass is 236 g/mol. The van der Waals surface area contributed by atoms with E-state index in [0.29, 0.717) is 5.76 Å². The third-order valence-corrected chi connectivity index (χ3v) is 3.04. The minimum absolute atomic E-state index is 0.598. The van der Waals surface area contributed by atoms with Crippen LogP contribution in [0, 0.1) is 0 Å². The highest BCUT2D eigenvalue weighted by molar-refractivity contribution is 5.19. The maximum atomic E-state index is 10.2. The maximum absolute atomic E-state index is 10.2. The zero-order valence-electron chi connectivity index (χ0n) is 10.5. The van der Waals surface area contributed by atoms with E-state index in [1.54, 1.807) is 18.4 Å². The Hall–Kier alpha value is -1.42. The van der Waals surface area contributed by atoms with E-state index in [2.05, 4.69) is 16.7 Å². The average Bonchev–Trinajstić information content (AvgIpc) is 2.94. The van der Waals surface area contributed by atoms with E-state index in [4.69, 9.17) is 4.42 Å². The molecular formula is C13H20N2O2. The van der Waals surface area contributed by atoms with Crippen molar-refractivity contribution in [3.05, 3.63) is 36.1 Å². The molecule has 0 saturated heterocycles. The summed E-state index contributed by atoms with van der Waals surface area (Å²) in [4.78, 5) is 4.29. The van der Waals surface area contributed by atoms with E-state index in [0.717, 1.165) is 18.9 Å². The number of unbranched alkanes of at least 4 members (excludes halogenated alkanes) is 1. The molecule has 0 saturated carbocycles. The van der Waals surface area contributed by atoms with Crippen molar-refractivity contribution in [3.63, 3.8) is 0 Å². The van der Waals surface area contributed by atoms with Gasteiger partial charge in [-0.05, 0) is 18.6 Å². The fraction of sp³-hybridized carbons (Fsp3) is 0.538. The van der Waals surface area contributed by atoms with Gasteiger partial charge in [0.1, 0.15) is 5.76 Å². The number of hydrogen-bond acceptors (Lipinski definition) is 4. The molecule has 0 radical (unpaired) electrons. The van der Waals surface area contributed by atoms with Crippen molar-refractivity contribution in [3.8, 4) is 0 Å². The van der Waals surface area contributed by atoms with Crippen LogP contribution in [0.2, 0.25) is 0 Å². The topological polar surface area (TPSA) is 39.9 Å². The van der Waals surface area contributed by atoms with Gasteiger partial charge in [-0.25, -0.2) is 0 Å². The molecule has 4 heteroatoms. The van der Waals surface area contributed by atoms with E-state index in [9.17, 15) is 5.11 Å². The smallest absolute Gasteiger partial charge is 0.153 e. The Labute approximate surface area is 102 Å². The summed E-state index contributed by atoms with van der Waals surface area (Å²) in [5, 5.41) is 10.2. The van der Waals surface area contributed by atoms with Gasteiger partial charge in [-0.1, -0.05) is 13.3 Å². The van der Waals surface area contributed by atoms with Gasteiger partial charge in [-0.3, -0.25) is 0 Å². The molecule has 1 aliphatic rings. The Morgan fingerprint density at radius 3 is 3.00 bits per heavy atom. The van der Waals surface area contributed by atoms with Crippen molar-refractivity contribution in [1.82, 2.24) is 9.80 Å². The Bertz CT molecular complexity index is 373. The van der Waals surface area contributed by atoms with E-state index >= 15 is 0 Å². The van der Waals surface area contributed by atoms with Crippen LogP contribution in [0.4, 0.5) is 0 Å². The third-order valence-electron chi connectivity index (χ3n) is 3.04. The zero-order chi connectivity index (χ0) is 12.3. The van der Waals surface area contributed by atoms with Crippen LogP contribution in [-0.4, -0.2) is 35.2 Å². The van der Waals surface area contributed by atoms with Crippen LogP contribution in [0.5, 0.6) is 0 Å². The van der Waals surface area contributed by atoms with Crippen molar-refractivity contribution in [2.24, 2.45) is 0 Å². The number of nitrogens with zero attached hydrogens (tertiary/aromatic N) is 2. The van der Waals surface area contributed by atoms with Gasteiger partial charge in [0.15, 0.2) is 6.10 Å². The van der Waals surface area contributed by atoms with Crippen LogP contribution in [0.25, 0.3) is 0 Å². The van der Waals surface area contributed by atoms with Crippen LogP contribution in [-0.2, 0) is 0 Å². The molecule has 2 rings (SSSR count). The van der Waals surface area contributed by atoms with Crippen molar-refractivity contribution in [2.45, 2.75) is 25.9 Å². The van der Waals surface area contributed by atoms with E-state index in [-0.39, 0.29) is 0 Å². The molecule has 1 aromatic heterocycles. The fourth-order valence-electron chi connectivity index (χ4n) is 2.05. The molecule has 0 spiro atoms. The highest BCUT2D eigenvalue weighted by Crippen LogP contribution is 2.28. The van der Waals surface area contributed by atoms with Crippen molar-refractivity contribution in [2.75, 3.05) is 20.3 Å². The molecule has 1 unspecified atom stereocenters. The molecular weight excluding hydrogens is 216 g/mol. The van der Waals surface area contributed by atoms with Gasteiger partial charge in [-0.2, -0.15) is 0 Å². The van der Waals surface area contributed by atoms with Crippen LogP contribution < -0.4 is 0 Å². The second-order valence-corrected chi connectivity index (χ2v) is 4.48. The lowest BCUT2D eigenvalue weighted by molar-refractivity contribution is 0.151. The SMILES string of the molecule is CCCCN1C=C(C(O)c2ccco2)N(C)C1. The summed E-state index contributed by atoms with van der Waals surface area (Å²) in [6, 6.07) is 3.59. The maximum Gasteiger partial charge on any atom is 0.153 e. The van der Waals surface area contributed by atoms with Crippen molar-refractivity contribution in [1.29, 1.82) is 0 Å². The standard InChI is InChI=1S/C13H20N2O2/c1-3-4-7-15-9-11(14(2)10-15)13(16)12-6-5-8-17-12/h5-6,8-9,13,16H,3-4,7,10H2,1-2H3. The molecule has 1 N–H and O–H groups in total. The van der Waals surface area contributed by atoms with Crippen molar-refractivity contribution >= 4 is 0 Å². The summed E-state index contributed by atoms with van der Waals surface area (Å²) in [6.07, 6.45) is 5.31. The van der Waals surface area contributed by atoms with Crippen LogP contribution in [0.15, 0.2) is 34.7 Å². The summed E-state index contributed by atoms with van der Waals surface area (Å²) >= 11 is 0. The van der Waals surface area contributed by atoms with Gasteiger partial charge < -0.3 is 19.3 Å². The van der Waals surface area contributed by atoms with Gasteiger partial charge in [0.2, 0.25) is 0 Å². The molecule has 0 fully saturated rings. The molecule has 4 nitrogen and oxygen atoms in total. The van der Waals surface area contributed by atoms with E-state index < -0.39 is 6.10 Å². The largest absolute Gasteiger partial charge is 0.466 e. The first-order valence-electron chi connectivity index (χ1n) is 6.10. The lowest BCUT2D eigenvalue weighted by Gasteiger charge is -2.20. The highest BCUT2D eigenvalue weighted by atomic mass is 16.4. The molecule has 0 amide bonds. The van der Waals surface area contributed by atoms with Gasteiger partial charge in [0.25, 0.3) is 0 Å². The third kappa shape index (κ3) is 2.64. The zero-order valence-corrected chi connectivity index (χ0v) is 10.5. The lowest BCUT2D eigenvalue weighted by Crippen LogP contribution is -2.25. The fourth-order valence-corrected chi connectivity index (χ4v) is 2.05. The lowest BCUT2D eigenvalue weighted by atomic mass is 10.2. The first-order valence-corrected chi connectivity index (χ1v) is 6.10. The highest BCUT2D eigenvalue weighted by Gasteiger charge is 2.25. The summed E-state index contributed by atoms with van der Waals surface area (Å²) < 4.78 is 5.24. The normalized spacial score (nSPS) is 17.5. The Morgan fingerprint density at radius 2 is 2.35 bits per heavy atom. The molecule has 1 aromatic rings. The minimum Gasteiger partial charge on any atom is -0.466 e. The predicted octanol–water partition coefficient (Wildman–Crippen LogP) is 2.16. The average molecular weight is 236 g/mol. The summed E-state index contributed by atoms with van der Waals surface area (Å²) in [5.74, 6) is 0.598. The molecule has 2 heterocycles. The number of hydrogen-bond donors (Lipinski definition) is 1. The Balaban J connectivity index is 2.04. The number of rotatable bonds is 5. The van der Waals surface area contributed by atoms with Crippen LogP contribution >= 0.6 is 0 Å². The van der Waals surface area contributed by atoms with Crippen LogP contribution in [0.3, 0.4) is 0 Å². The predicted molar refractivity (Wildman–Crippen MR) is 66.0 cm³/mol. The first-order chi connectivity index (χ1) is 8.22. The molecule has 0 bridgehead atoms. The van der Waals surface area contributed by atoms with Gasteiger partial charge >= 0.3 is 0 Å². The summed E-state index contributed by atoms with van der Waals surface area (Å²) in [7, 11) is 1.99. The van der Waals surface area contributed by atoms with E-state index in [1.807, 2.05) is 13.2 Å². The Morgan fingerprint density at radius 1 is 1.53 bits per heavy atom. The van der Waals surface area contributed by atoms with Crippen molar-refractivity contribution < 1.29 is 9.52 Å². The van der Waals surface area contributed by atoms with Gasteiger partial charge in [0.05, 0.1) is 18.6 Å². The Kier molecular flexibility index (Phi) is 3.74. The first kappa shape index (κ1) is 12.0. The second-order valence-electron chi connectivity index (χ2n) is 4.48. The molecule has 17 heavy (non-hydrogen) atoms. The van der Waals surface area contributed by atoms with Gasteiger partial charge in [0, 0.05) is 19.8 Å². The van der Waals surface area contributed by atoms with Gasteiger partial charge in [-0.15, -0.1) is 0 Å². The quantitative estimate of drug-likeness (QED) is 0.850. The second kappa shape index (κ2) is 5.27. The number of furan rings is 1. The minimum atomic E-state index is -0.665. The molecule has 0 aliphatic carbocycles. The molecule has 94 valence electrons. The van der Waals surface area contributed by atoms with E-state index in [1.165, 1.54) is 12.8 Å². The number of aliphatic hydroxyl groups is 1. The number of likely N-dealkylation sites (N-methyl/N-ethyl adjacent to an activating group) is 1. The molecule has 1 atom stereocenters. The summed E-state index contributed by atoms with van der Waals surface area (Å²) in [6.45, 7) is 4.06. The molecule has 0 aromatic carbocycles.